The number of nitrogens with zero attached hydrogens (tertiary/aromatic N) is 2. The van der Waals surface area contributed by atoms with Crippen LogP contribution in [0.3, 0.4) is 0 Å². The van der Waals surface area contributed by atoms with Crippen LogP contribution in [0.2, 0.25) is 0 Å². The SMILES string of the molecule is Cc1sc(-c2nnc(C3CC3)o2)cc1NC(=O)Cc1ccc(F)cc1. The fourth-order valence-corrected chi connectivity index (χ4v) is 3.42. The summed E-state index contributed by atoms with van der Waals surface area (Å²) in [6, 6.07) is 7.78. The molecule has 0 atom stereocenters. The van der Waals surface area contributed by atoms with Gasteiger partial charge in [0.2, 0.25) is 11.8 Å². The van der Waals surface area contributed by atoms with Crippen LogP contribution in [0.25, 0.3) is 10.8 Å². The van der Waals surface area contributed by atoms with Crippen molar-refractivity contribution in [3.8, 4) is 10.8 Å². The number of halogens is 1. The molecule has 1 aromatic carbocycles. The van der Waals surface area contributed by atoms with Gasteiger partial charge in [-0.3, -0.25) is 4.79 Å². The minimum absolute atomic E-state index is 0.150. The van der Waals surface area contributed by atoms with Gasteiger partial charge in [0.05, 0.1) is 17.0 Å². The van der Waals surface area contributed by atoms with Crippen LogP contribution in [0, 0.1) is 12.7 Å². The number of rotatable bonds is 5. The zero-order chi connectivity index (χ0) is 17.4. The normalized spacial score (nSPS) is 13.8. The largest absolute Gasteiger partial charge is 0.420 e. The number of carbonyl (C=O) groups excluding carboxylic acids is 1. The Morgan fingerprint density at radius 1 is 1.32 bits per heavy atom. The monoisotopic (exact) mass is 357 g/mol. The number of hydrogen-bond donors (Lipinski definition) is 1. The second kappa shape index (κ2) is 6.40. The average Bonchev–Trinajstić information content (AvgIpc) is 3.21. The first-order valence-corrected chi connectivity index (χ1v) is 8.88. The number of nitrogens with one attached hydrogen (secondary N) is 1. The number of hydrogen-bond acceptors (Lipinski definition) is 5. The quantitative estimate of drug-likeness (QED) is 0.739. The van der Waals surface area contributed by atoms with E-state index in [1.807, 2.05) is 13.0 Å². The van der Waals surface area contributed by atoms with Crippen molar-refractivity contribution >= 4 is 22.9 Å². The molecule has 3 aromatic rings. The van der Waals surface area contributed by atoms with Crippen molar-refractivity contribution in [2.75, 3.05) is 5.32 Å². The van der Waals surface area contributed by atoms with E-state index in [9.17, 15) is 9.18 Å². The predicted octanol–water partition coefficient (Wildman–Crippen LogP) is 4.30. The standard InChI is InChI=1S/C18H16FN3O2S/c1-10-14(20-16(23)8-11-2-6-13(19)7-3-11)9-15(25-10)18-22-21-17(24-18)12-4-5-12/h2-3,6-7,9,12H,4-5,8H2,1H3,(H,20,23). The van der Waals surface area contributed by atoms with E-state index < -0.39 is 0 Å². The number of anilines is 1. The molecule has 0 aliphatic heterocycles. The first kappa shape index (κ1) is 16.0. The number of benzene rings is 1. The Labute approximate surface area is 147 Å². The molecule has 2 heterocycles. The van der Waals surface area contributed by atoms with Crippen LogP contribution < -0.4 is 5.32 Å². The molecular weight excluding hydrogens is 341 g/mol. The molecule has 0 saturated heterocycles. The third kappa shape index (κ3) is 3.61. The number of thiophene rings is 1. The van der Waals surface area contributed by atoms with Gasteiger partial charge in [0.25, 0.3) is 5.89 Å². The van der Waals surface area contributed by atoms with Gasteiger partial charge in [-0.15, -0.1) is 21.5 Å². The van der Waals surface area contributed by atoms with Crippen LogP contribution in [-0.4, -0.2) is 16.1 Å². The Kier molecular flexibility index (Phi) is 4.09. The van der Waals surface area contributed by atoms with Crippen LogP contribution in [0.1, 0.15) is 35.1 Å². The van der Waals surface area contributed by atoms with Gasteiger partial charge in [0.15, 0.2) is 0 Å². The van der Waals surface area contributed by atoms with Gasteiger partial charge >= 0.3 is 0 Å². The summed E-state index contributed by atoms with van der Waals surface area (Å²) in [5.74, 6) is 1.14. The van der Waals surface area contributed by atoms with Gasteiger partial charge < -0.3 is 9.73 Å². The van der Waals surface area contributed by atoms with Gasteiger partial charge in [-0.05, 0) is 43.5 Å². The molecule has 1 fully saturated rings. The Balaban J connectivity index is 1.45. The molecule has 0 bridgehead atoms. The molecule has 1 N–H and O–H groups in total. The summed E-state index contributed by atoms with van der Waals surface area (Å²) < 4.78 is 18.6. The fourth-order valence-electron chi connectivity index (χ4n) is 2.52. The van der Waals surface area contributed by atoms with Crippen molar-refractivity contribution in [1.82, 2.24) is 10.2 Å². The lowest BCUT2D eigenvalue weighted by atomic mass is 10.1. The van der Waals surface area contributed by atoms with Crippen LogP contribution in [-0.2, 0) is 11.2 Å². The van der Waals surface area contributed by atoms with E-state index in [1.165, 1.54) is 23.5 Å². The minimum atomic E-state index is -0.312. The zero-order valence-corrected chi connectivity index (χ0v) is 14.4. The van der Waals surface area contributed by atoms with E-state index in [0.29, 0.717) is 17.7 Å². The van der Waals surface area contributed by atoms with Crippen molar-refractivity contribution in [2.24, 2.45) is 0 Å². The first-order chi connectivity index (χ1) is 12.1. The molecule has 128 valence electrons. The van der Waals surface area contributed by atoms with E-state index in [-0.39, 0.29) is 18.1 Å². The second-order valence-corrected chi connectivity index (χ2v) is 7.41. The van der Waals surface area contributed by atoms with Crippen molar-refractivity contribution in [2.45, 2.75) is 32.1 Å². The molecule has 7 heteroatoms. The van der Waals surface area contributed by atoms with Crippen LogP contribution in [0.5, 0.6) is 0 Å². The lowest BCUT2D eigenvalue weighted by Crippen LogP contribution is -2.14. The minimum Gasteiger partial charge on any atom is -0.420 e. The van der Waals surface area contributed by atoms with Crippen molar-refractivity contribution in [3.05, 3.63) is 52.5 Å². The lowest BCUT2D eigenvalue weighted by Gasteiger charge is -2.04. The topological polar surface area (TPSA) is 68.0 Å². The summed E-state index contributed by atoms with van der Waals surface area (Å²) in [6.07, 6.45) is 2.41. The molecule has 4 rings (SSSR count). The number of aryl methyl sites for hydroxylation is 1. The maximum Gasteiger partial charge on any atom is 0.257 e. The number of aromatic nitrogens is 2. The molecule has 0 unspecified atom stereocenters. The number of amides is 1. The molecular formula is C18H16FN3O2S. The summed E-state index contributed by atoms with van der Waals surface area (Å²) in [4.78, 5) is 14.0. The summed E-state index contributed by atoms with van der Waals surface area (Å²) in [5, 5.41) is 11.1. The Morgan fingerprint density at radius 3 is 2.80 bits per heavy atom. The smallest absolute Gasteiger partial charge is 0.257 e. The summed E-state index contributed by atoms with van der Waals surface area (Å²) in [6.45, 7) is 1.93. The molecule has 0 spiro atoms. The summed E-state index contributed by atoms with van der Waals surface area (Å²) in [7, 11) is 0. The lowest BCUT2D eigenvalue weighted by molar-refractivity contribution is -0.115. The number of carbonyl (C=O) groups is 1. The molecule has 2 aromatic heterocycles. The molecule has 1 aliphatic rings. The Hall–Kier alpha value is -2.54. The second-order valence-electron chi connectivity index (χ2n) is 6.15. The van der Waals surface area contributed by atoms with E-state index in [2.05, 4.69) is 15.5 Å². The van der Waals surface area contributed by atoms with E-state index in [4.69, 9.17) is 4.42 Å². The van der Waals surface area contributed by atoms with Crippen molar-refractivity contribution in [1.29, 1.82) is 0 Å². The average molecular weight is 357 g/mol. The van der Waals surface area contributed by atoms with Crippen LogP contribution >= 0.6 is 11.3 Å². The highest BCUT2D eigenvalue weighted by Gasteiger charge is 2.29. The Morgan fingerprint density at radius 2 is 2.08 bits per heavy atom. The fraction of sp³-hybridized carbons (Fsp3) is 0.278. The molecule has 0 radical (unpaired) electrons. The molecule has 5 nitrogen and oxygen atoms in total. The Bertz CT molecular complexity index is 913. The van der Waals surface area contributed by atoms with Crippen molar-refractivity contribution < 1.29 is 13.6 Å². The third-order valence-electron chi connectivity index (χ3n) is 4.05. The van der Waals surface area contributed by atoms with Gasteiger partial charge in [-0.1, -0.05) is 12.1 Å². The zero-order valence-electron chi connectivity index (χ0n) is 13.6. The van der Waals surface area contributed by atoms with Crippen molar-refractivity contribution in [3.63, 3.8) is 0 Å². The van der Waals surface area contributed by atoms with E-state index in [1.54, 1.807) is 12.1 Å². The van der Waals surface area contributed by atoms with Gasteiger partial charge in [-0.2, -0.15) is 0 Å². The highest BCUT2D eigenvalue weighted by atomic mass is 32.1. The van der Waals surface area contributed by atoms with Gasteiger partial charge in [-0.25, -0.2) is 4.39 Å². The maximum atomic E-state index is 12.9. The van der Waals surface area contributed by atoms with Crippen LogP contribution in [0.4, 0.5) is 10.1 Å². The van der Waals surface area contributed by atoms with E-state index in [0.717, 1.165) is 33.8 Å². The maximum absolute atomic E-state index is 12.9. The predicted molar refractivity (Wildman–Crippen MR) is 93.1 cm³/mol. The highest BCUT2D eigenvalue weighted by molar-refractivity contribution is 7.15. The molecule has 25 heavy (non-hydrogen) atoms. The third-order valence-corrected chi connectivity index (χ3v) is 5.09. The molecule has 1 saturated carbocycles. The molecule has 1 amide bonds. The van der Waals surface area contributed by atoms with Gasteiger partial charge in [0, 0.05) is 10.8 Å². The van der Waals surface area contributed by atoms with Gasteiger partial charge in [0.1, 0.15) is 5.82 Å². The summed E-state index contributed by atoms with van der Waals surface area (Å²) in [5.41, 5.74) is 1.50. The highest BCUT2D eigenvalue weighted by Crippen LogP contribution is 2.41. The summed E-state index contributed by atoms with van der Waals surface area (Å²) >= 11 is 1.50. The molecule has 1 aliphatic carbocycles. The van der Waals surface area contributed by atoms with E-state index >= 15 is 0 Å². The first-order valence-electron chi connectivity index (χ1n) is 8.07. The van der Waals surface area contributed by atoms with Crippen LogP contribution in [0.15, 0.2) is 34.7 Å².